The lowest BCUT2D eigenvalue weighted by Crippen LogP contribution is -2.17. The van der Waals surface area contributed by atoms with Gasteiger partial charge in [0.2, 0.25) is 0 Å². The zero-order valence-corrected chi connectivity index (χ0v) is 9.40. The molecule has 92 valence electrons. The minimum absolute atomic E-state index is 0.0696. The van der Waals surface area contributed by atoms with Crippen LogP contribution in [0.5, 0.6) is 0 Å². The zero-order chi connectivity index (χ0) is 12.2. The van der Waals surface area contributed by atoms with Gasteiger partial charge in [0.05, 0.1) is 6.26 Å². The van der Waals surface area contributed by atoms with Crippen LogP contribution >= 0.6 is 0 Å². The zero-order valence-electron chi connectivity index (χ0n) is 9.40. The number of halogens is 3. The van der Waals surface area contributed by atoms with Gasteiger partial charge < -0.3 is 9.73 Å². The van der Waals surface area contributed by atoms with Crippen LogP contribution in [0.15, 0.2) is 16.7 Å². The number of nitrogens with one attached hydrogen (secondary N) is 1. The van der Waals surface area contributed by atoms with Crippen LogP contribution in [0.3, 0.4) is 0 Å². The largest absolute Gasteiger partial charge is 0.469 e. The summed E-state index contributed by atoms with van der Waals surface area (Å²) in [6, 6.07) is 1.77. The van der Waals surface area contributed by atoms with Crippen molar-refractivity contribution in [1.29, 1.82) is 0 Å². The number of aryl methyl sites for hydroxylation is 1. The lowest BCUT2D eigenvalue weighted by atomic mass is 10.0. The molecule has 16 heavy (non-hydrogen) atoms. The number of hydrogen-bond donors (Lipinski definition) is 1. The predicted molar refractivity (Wildman–Crippen MR) is 55.2 cm³/mol. The Morgan fingerprint density at radius 3 is 2.56 bits per heavy atom. The van der Waals surface area contributed by atoms with E-state index in [0.717, 1.165) is 11.3 Å². The van der Waals surface area contributed by atoms with E-state index in [1.807, 2.05) is 13.0 Å². The van der Waals surface area contributed by atoms with Gasteiger partial charge in [-0.25, -0.2) is 0 Å². The third kappa shape index (κ3) is 4.26. The summed E-state index contributed by atoms with van der Waals surface area (Å²) < 4.78 is 41.1. The standard InChI is InChI=1S/C11H16F3NO/c1-8-6-9(7-16-8)10(15-2)4-3-5-11(12,13)14/h6-7,10,15H,3-5H2,1-2H3. The average molecular weight is 235 g/mol. The summed E-state index contributed by atoms with van der Waals surface area (Å²) in [5, 5.41) is 2.99. The van der Waals surface area contributed by atoms with Crippen molar-refractivity contribution in [3.8, 4) is 0 Å². The van der Waals surface area contributed by atoms with Gasteiger partial charge in [0.15, 0.2) is 0 Å². The summed E-state index contributed by atoms with van der Waals surface area (Å²) in [5.74, 6) is 0.770. The van der Waals surface area contributed by atoms with Gasteiger partial charge in [-0.3, -0.25) is 0 Å². The second-order valence-electron chi connectivity index (χ2n) is 3.84. The average Bonchev–Trinajstić information content (AvgIpc) is 2.58. The van der Waals surface area contributed by atoms with Crippen molar-refractivity contribution < 1.29 is 17.6 Å². The summed E-state index contributed by atoms with van der Waals surface area (Å²) in [6.45, 7) is 1.81. The molecule has 1 heterocycles. The Kier molecular flexibility index (Phi) is 4.41. The highest BCUT2D eigenvalue weighted by Crippen LogP contribution is 2.26. The normalized spacial score (nSPS) is 14.1. The Labute approximate surface area is 92.8 Å². The van der Waals surface area contributed by atoms with Gasteiger partial charge in [-0.1, -0.05) is 0 Å². The molecule has 1 aromatic heterocycles. The molecule has 0 saturated heterocycles. The fourth-order valence-corrected chi connectivity index (χ4v) is 1.63. The van der Waals surface area contributed by atoms with Crippen molar-refractivity contribution in [2.45, 2.75) is 38.4 Å². The lowest BCUT2D eigenvalue weighted by molar-refractivity contribution is -0.135. The molecule has 0 spiro atoms. The first-order chi connectivity index (χ1) is 7.42. The van der Waals surface area contributed by atoms with E-state index in [2.05, 4.69) is 5.32 Å². The molecule has 5 heteroatoms. The Morgan fingerprint density at radius 2 is 2.12 bits per heavy atom. The molecular formula is C11H16F3NO. The van der Waals surface area contributed by atoms with E-state index in [1.165, 1.54) is 0 Å². The van der Waals surface area contributed by atoms with Crippen molar-refractivity contribution in [1.82, 2.24) is 5.32 Å². The SMILES string of the molecule is CNC(CCCC(F)(F)F)c1coc(C)c1. The first-order valence-corrected chi connectivity index (χ1v) is 5.21. The van der Waals surface area contributed by atoms with Crippen LogP contribution in [0.1, 0.15) is 36.6 Å². The molecule has 1 unspecified atom stereocenters. The second kappa shape index (κ2) is 5.39. The predicted octanol–water partition coefficient (Wildman–Crippen LogP) is 3.58. The molecule has 0 bridgehead atoms. The van der Waals surface area contributed by atoms with Crippen molar-refractivity contribution in [3.63, 3.8) is 0 Å². The topological polar surface area (TPSA) is 25.2 Å². The summed E-state index contributed by atoms with van der Waals surface area (Å²) in [5.41, 5.74) is 0.905. The first-order valence-electron chi connectivity index (χ1n) is 5.21. The highest BCUT2D eigenvalue weighted by molar-refractivity contribution is 5.16. The highest BCUT2D eigenvalue weighted by atomic mass is 19.4. The van der Waals surface area contributed by atoms with Gasteiger partial charge in [0, 0.05) is 18.0 Å². The van der Waals surface area contributed by atoms with Crippen LogP contribution in [-0.4, -0.2) is 13.2 Å². The molecule has 0 aliphatic heterocycles. The van der Waals surface area contributed by atoms with Crippen LogP contribution in [0, 0.1) is 6.92 Å². The van der Waals surface area contributed by atoms with Gasteiger partial charge in [-0.2, -0.15) is 13.2 Å². The van der Waals surface area contributed by atoms with E-state index in [1.54, 1.807) is 13.3 Å². The van der Waals surface area contributed by atoms with Crippen molar-refractivity contribution >= 4 is 0 Å². The molecular weight excluding hydrogens is 219 g/mol. The Morgan fingerprint density at radius 1 is 1.44 bits per heavy atom. The number of hydrogen-bond acceptors (Lipinski definition) is 2. The number of alkyl halides is 3. The summed E-state index contributed by atoms with van der Waals surface area (Å²) in [7, 11) is 1.74. The van der Waals surface area contributed by atoms with E-state index < -0.39 is 12.6 Å². The molecule has 1 atom stereocenters. The molecule has 0 saturated carbocycles. The molecule has 0 radical (unpaired) electrons. The molecule has 0 aliphatic rings. The minimum Gasteiger partial charge on any atom is -0.469 e. The Balaban J connectivity index is 2.44. The van der Waals surface area contributed by atoms with Crippen molar-refractivity contribution in [2.24, 2.45) is 0 Å². The maximum atomic E-state index is 12.0. The summed E-state index contributed by atoms with van der Waals surface area (Å²) in [4.78, 5) is 0. The maximum absolute atomic E-state index is 12.0. The van der Waals surface area contributed by atoms with Crippen molar-refractivity contribution in [2.75, 3.05) is 7.05 Å². The van der Waals surface area contributed by atoms with Gasteiger partial charge >= 0.3 is 6.18 Å². The highest BCUT2D eigenvalue weighted by Gasteiger charge is 2.26. The fraction of sp³-hybridized carbons (Fsp3) is 0.636. The third-order valence-corrected chi connectivity index (χ3v) is 2.45. The van der Waals surface area contributed by atoms with E-state index in [4.69, 9.17) is 4.42 Å². The van der Waals surface area contributed by atoms with E-state index >= 15 is 0 Å². The first kappa shape index (κ1) is 13.1. The van der Waals surface area contributed by atoms with Crippen LogP contribution < -0.4 is 5.32 Å². The fourth-order valence-electron chi connectivity index (χ4n) is 1.63. The summed E-state index contributed by atoms with van der Waals surface area (Å²) >= 11 is 0. The lowest BCUT2D eigenvalue weighted by Gasteiger charge is -2.14. The van der Waals surface area contributed by atoms with Gasteiger partial charge in [0.25, 0.3) is 0 Å². The molecule has 1 aromatic rings. The third-order valence-electron chi connectivity index (χ3n) is 2.45. The van der Waals surface area contributed by atoms with Crippen LogP contribution in [0.4, 0.5) is 13.2 Å². The monoisotopic (exact) mass is 235 g/mol. The molecule has 0 aliphatic carbocycles. The molecule has 0 fully saturated rings. The number of rotatable bonds is 5. The Bertz CT molecular complexity index is 319. The van der Waals surface area contributed by atoms with Crippen molar-refractivity contribution in [3.05, 3.63) is 23.7 Å². The van der Waals surface area contributed by atoms with Gasteiger partial charge in [0.1, 0.15) is 5.76 Å². The van der Waals surface area contributed by atoms with E-state index in [0.29, 0.717) is 6.42 Å². The van der Waals surface area contributed by atoms with E-state index in [9.17, 15) is 13.2 Å². The maximum Gasteiger partial charge on any atom is 0.389 e. The smallest absolute Gasteiger partial charge is 0.389 e. The molecule has 0 amide bonds. The van der Waals surface area contributed by atoms with Crippen LogP contribution in [0.2, 0.25) is 0 Å². The minimum atomic E-state index is -4.06. The quantitative estimate of drug-likeness (QED) is 0.843. The molecule has 2 nitrogen and oxygen atoms in total. The van der Waals surface area contributed by atoms with Gasteiger partial charge in [-0.05, 0) is 32.9 Å². The van der Waals surface area contributed by atoms with Crippen LogP contribution in [-0.2, 0) is 0 Å². The summed E-state index contributed by atoms with van der Waals surface area (Å²) in [6.07, 6.45) is -2.63. The second-order valence-corrected chi connectivity index (χ2v) is 3.84. The Hall–Kier alpha value is -0.970. The molecule has 0 aromatic carbocycles. The van der Waals surface area contributed by atoms with Crippen LogP contribution in [0.25, 0.3) is 0 Å². The number of furan rings is 1. The molecule has 1 N–H and O–H groups in total. The molecule has 1 rings (SSSR count). The van der Waals surface area contributed by atoms with Gasteiger partial charge in [-0.15, -0.1) is 0 Å². The van der Waals surface area contributed by atoms with E-state index in [-0.39, 0.29) is 12.5 Å².